The fourth-order valence-electron chi connectivity index (χ4n) is 2.78. The predicted octanol–water partition coefficient (Wildman–Crippen LogP) is 3.16. The van der Waals surface area contributed by atoms with E-state index in [9.17, 15) is 4.79 Å². The highest BCUT2D eigenvalue weighted by Gasteiger charge is 2.30. The van der Waals surface area contributed by atoms with Gasteiger partial charge in [0.25, 0.3) is 0 Å². The molecule has 0 atom stereocenters. The first-order valence-corrected chi connectivity index (χ1v) is 8.20. The molecule has 0 spiro atoms. The van der Waals surface area contributed by atoms with E-state index in [-0.39, 0.29) is 5.75 Å². The molecule has 0 unspecified atom stereocenters. The minimum atomic E-state index is -0.813. The van der Waals surface area contributed by atoms with E-state index in [1.54, 1.807) is 0 Å². The van der Waals surface area contributed by atoms with E-state index in [2.05, 4.69) is 35.5 Å². The molecular formula is C14H23N3O2S. The first-order chi connectivity index (χ1) is 9.43. The van der Waals surface area contributed by atoms with Gasteiger partial charge in [0.05, 0.1) is 5.75 Å². The summed E-state index contributed by atoms with van der Waals surface area (Å²) in [5.74, 6) is 0.204. The van der Waals surface area contributed by atoms with Crippen LogP contribution in [0.4, 0.5) is 0 Å². The maximum atomic E-state index is 10.7. The van der Waals surface area contributed by atoms with Crippen LogP contribution in [0.3, 0.4) is 0 Å². The normalized spacial score (nSPS) is 19.1. The number of carboxylic acid groups (broad SMARTS) is 1. The molecule has 0 aliphatic heterocycles. The van der Waals surface area contributed by atoms with Crippen molar-refractivity contribution in [1.82, 2.24) is 14.8 Å². The van der Waals surface area contributed by atoms with Crippen molar-refractivity contribution >= 4 is 17.7 Å². The zero-order valence-electron chi connectivity index (χ0n) is 12.4. The molecule has 1 aliphatic rings. The van der Waals surface area contributed by atoms with Gasteiger partial charge in [-0.15, -0.1) is 10.2 Å². The van der Waals surface area contributed by atoms with Crippen molar-refractivity contribution < 1.29 is 9.90 Å². The first kappa shape index (κ1) is 15.4. The summed E-state index contributed by atoms with van der Waals surface area (Å²) in [6, 6.07) is 0.421. The molecule has 0 aromatic carbocycles. The summed E-state index contributed by atoms with van der Waals surface area (Å²) in [6.07, 6.45) is 5.47. The summed E-state index contributed by atoms with van der Waals surface area (Å²) in [5.41, 5.74) is 0.422. The van der Waals surface area contributed by atoms with Crippen LogP contribution in [0.1, 0.15) is 58.3 Å². The molecule has 1 aliphatic carbocycles. The Balaban J connectivity index is 2.16. The SMILES string of the molecule is CCc1nnc(SCC(=O)O)n1C1CCC(C)(C)CC1. The van der Waals surface area contributed by atoms with Gasteiger partial charge in [0, 0.05) is 12.5 Å². The number of thioether (sulfide) groups is 1. The third kappa shape index (κ3) is 3.53. The van der Waals surface area contributed by atoms with E-state index in [4.69, 9.17) is 5.11 Å². The summed E-state index contributed by atoms with van der Waals surface area (Å²) in [5, 5.41) is 18.0. The molecule has 0 radical (unpaired) electrons. The number of carbonyl (C=O) groups is 1. The van der Waals surface area contributed by atoms with Crippen LogP contribution in [0.25, 0.3) is 0 Å². The number of nitrogens with zero attached hydrogens (tertiary/aromatic N) is 3. The second kappa shape index (κ2) is 6.16. The van der Waals surface area contributed by atoms with Gasteiger partial charge in [-0.1, -0.05) is 32.5 Å². The highest BCUT2D eigenvalue weighted by atomic mass is 32.2. The zero-order valence-corrected chi connectivity index (χ0v) is 13.2. The van der Waals surface area contributed by atoms with Crippen LogP contribution in [-0.4, -0.2) is 31.6 Å². The standard InChI is InChI=1S/C14H23N3O2S/c1-4-11-15-16-13(20-9-12(18)19)17(11)10-5-7-14(2,3)8-6-10/h10H,4-9H2,1-3H3,(H,18,19). The Kier molecular flexibility index (Phi) is 4.73. The van der Waals surface area contributed by atoms with E-state index in [0.717, 1.165) is 30.2 Å². The number of aliphatic carboxylic acids is 1. The topological polar surface area (TPSA) is 68.0 Å². The van der Waals surface area contributed by atoms with Crippen LogP contribution in [-0.2, 0) is 11.2 Å². The van der Waals surface area contributed by atoms with Crippen LogP contribution in [0, 0.1) is 5.41 Å². The molecule has 0 bridgehead atoms. The van der Waals surface area contributed by atoms with Crippen molar-refractivity contribution in [2.24, 2.45) is 5.41 Å². The van der Waals surface area contributed by atoms with Gasteiger partial charge in [-0.2, -0.15) is 0 Å². The number of carboxylic acids is 1. The summed E-state index contributed by atoms with van der Waals surface area (Å²) in [6.45, 7) is 6.70. The van der Waals surface area contributed by atoms with Gasteiger partial charge in [0.1, 0.15) is 5.82 Å². The second-order valence-electron chi connectivity index (χ2n) is 6.20. The molecule has 6 heteroatoms. The minimum Gasteiger partial charge on any atom is -0.481 e. The van der Waals surface area contributed by atoms with Gasteiger partial charge in [-0.05, 0) is 31.1 Å². The second-order valence-corrected chi connectivity index (χ2v) is 7.14. The maximum Gasteiger partial charge on any atom is 0.313 e. The minimum absolute atomic E-state index is 0.0417. The summed E-state index contributed by atoms with van der Waals surface area (Å²) in [4.78, 5) is 10.7. The number of rotatable bonds is 5. The van der Waals surface area contributed by atoms with Crippen molar-refractivity contribution in [3.8, 4) is 0 Å². The largest absolute Gasteiger partial charge is 0.481 e. The van der Waals surface area contributed by atoms with E-state index >= 15 is 0 Å². The van der Waals surface area contributed by atoms with E-state index in [1.807, 2.05) is 0 Å². The van der Waals surface area contributed by atoms with Crippen LogP contribution in [0.2, 0.25) is 0 Å². The van der Waals surface area contributed by atoms with E-state index < -0.39 is 5.97 Å². The number of aryl methyl sites for hydroxylation is 1. The molecule has 1 aromatic rings. The average molecular weight is 297 g/mol. The third-order valence-electron chi connectivity index (χ3n) is 4.05. The molecule has 5 nitrogen and oxygen atoms in total. The van der Waals surface area contributed by atoms with Crippen LogP contribution < -0.4 is 0 Å². The number of hydrogen-bond acceptors (Lipinski definition) is 4. The smallest absolute Gasteiger partial charge is 0.313 e. The first-order valence-electron chi connectivity index (χ1n) is 7.21. The molecule has 1 heterocycles. The Morgan fingerprint density at radius 3 is 2.60 bits per heavy atom. The summed E-state index contributed by atoms with van der Waals surface area (Å²) in [7, 11) is 0. The molecule has 112 valence electrons. The quantitative estimate of drug-likeness (QED) is 0.846. The van der Waals surface area contributed by atoms with Crippen molar-refractivity contribution in [3.05, 3.63) is 5.82 Å². The Morgan fingerprint density at radius 1 is 1.40 bits per heavy atom. The lowest BCUT2D eigenvalue weighted by molar-refractivity contribution is -0.133. The van der Waals surface area contributed by atoms with Crippen LogP contribution >= 0.6 is 11.8 Å². The average Bonchev–Trinajstić information content (AvgIpc) is 2.79. The molecule has 1 aromatic heterocycles. The predicted molar refractivity (Wildman–Crippen MR) is 79.0 cm³/mol. The Hall–Kier alpha value is -1.04. The Morgan fingerprint density at radius 2 is 2.05 bits per heavy atom. The van der Waals surface area contributed by atoms with Gasteiger partial charge in [-0.3, -0.25) is 4.79 Å². The van der Waals surface area contributed by atoms with Gasteiger partial charge in [0.15, 0.2) is 5.16 Å². The van der Waals surface area contributed by atoms with Gasteiger partial charge in [0.2, 0.25) is 0 Å². The van der Waals surface area contributed by atoms with Crippen molar-refractivity contribution in [1.29, 1.82) is 0 Å². The number of aromatic nitrogens is 3. The van der Waals surface area contributed by atoms with Crippen molar-refractivity contribution in [2.45, 2.75) is 64.1 Å². The highest BCUT2D eigenvalue weighted by Crippen LogP contribution is 2.41. The van der Waals surface area contributed by atoms with Gasteiger partial charge in [-0.25, -0.2) is 0 Å². The fourth-order valence-corrected chi connectivity index (χ4v) is 3.53. The summed E-state index contributed by atoms with van der Waals surface area (Å²) >= 11 is 1.27. The fraction of sp³-hybridized carbons (Fsp3) is 0.786. The molecule has 2 rings (SSSR count). The van der Waals surface area contributed by atoms with Gasteiger partial charge < -0.3 is 9.67 Å². The van der Waals surface area contributed by atoms with Crippen molar-refractivity contribution in [3.63, 3.8) is 0 Å². The molecule has 0 saturated heterocycles. The maximum absolute atomic E-state index is 10.7. The van der Waals surface area contributed by atoms with E-state index in [1.165, 1.54) is 24.6 Å². The Bertz CT molecular complexity index is 475. The highest BCUT2D eigenvalue weighted by molar-refractivity contribution is 7.99. The molecule has 1 fully saturated rings. The van der Waals surface area contributed by atoms with Crippen LogP contribution in [0.5, 0.6) is 0 Å². The van der Waals surface area contributed by atoms with Crippen LogP contribution in [0.15, 0.2) is 5.16 Å². The van der Waals surface area contributed by atoms with Gasteiger partial charge >= 0.3 is 5.97 Å². The van der Waals surface area contributed by atoms with Crippen molar-refractivity contribution in [2.75, 3.05) is 5.75 Å². The lowest BCUT2D eigenvalue weighted by Crippen LogP contribution is -2.25. The molecule has 20 heavy (non-hydrogen) atoms. The molecule has 1 N–H and O–H groups in total. The lowest BCUT2D eigenvalue weighted by Gasteiger charge is -2.35. The molecule has 0 amide bonds. The lowest BCUT2D eigenvalue weighted by atomic mass is 9.75. The monoisotopic (exact) mass is 297 g/mol. The Labute approximate surface area is 124 Å². The molecule has 1 saturated carbocycles. The third-order valence-corrected chi connectivity index (χ3v) is 4.98. The van der Waals surface area contributed by atoms with E-state index in [0.29, 0.717) is 11.5 Å². The summed E-state index contributed by atoms with van der Waals surface area (Å²) < 4.78 is 2.18. The molecular weight excluding hydrogens is 274 g/mol. The number of hydrogen-bond donors (Lipinski definition) is 1. The zero-order chi connectivity index (χ0) is 14.8.